The molecule has 1 aromatic heterocycles. The first-order valence-electron chi connectivity index (χ1n) is 8.76. The third-order valence-corrected chi connectivity index (χ3v) is 5.68. The number of amides is 1. The number of carbonyl (C=O) groups excluding carboxylic acids is 1. The number of fused-ring (bicyclic) bond motifs is 1. The van der Waals surface area contributed by atoms with Gasteiger partial charge in [-0.15, -0.1) is 0 Å². The highest BCUT2D eigenvalue weighted by molar-refractivity contribution is 7.98. The lowest BCUT2D eigenvalue weighted by Crippen LogP contribution is -2.17. The van der Waals surface area contributed by atoms with Gasteiger partial charge in [0.05, 0.1) is 16.3 Å². The van der Waals surface area contributed by atoms with E-state index in [0.717, 1.165) is 39.6 Å². The lowest BCUT2D eigenvalue weighted by molar-refractivity contribution is -0.385. The van der Waals surface area contributed by atoms with E-state index in [9.17, 15) is 14.9 Å². The third kappa shape index (κ3) is 3.16. The molecule has 142 valence electrons. The maximum Gasteiger partial charge on any atom is 0.282 e. The third-order valence-electron chi connectivity index (χ3n) is 4.71. The number of aryl methyl sites for hydroxylation is 2. The fraction of sp³-hybridized carbons (Fsp3) is 0.200. The molecule has 28 heavy (non-hydrogen) atoms. The van der Waals surface area contributed by atoms with E-state index in [0.29, 0.717) is 5.82 Å². The Labute approximate surface area is 165 Å². The van der Waals surface area contributed by atoms with E-state index < -0.39 is 10.8 Å². The predicted octanol–water partition coefficient (Wildman–Crippen LogP) is 4.40. The van der Waals surface area contributed by atoms with E-state index in [1.165, 1.54) is 12.1 Å². The van der Waals surface area contributed by atoms with Gasteiger partial charge in [-0.05, 0) is 31.5 Å². The van der Waals surface area contributed by atoms with Gasteiger partial charge in [0.25, 0.3) is 11.6 Å². The minimum atomic E-state index is -0.545. The number of nitrogens with one attached hydrogen (secondary N) is 1. The molecular weight excluding hydrogens is 376 g/mol. The van der Waals surface area contributed by atoms with Crippen molar-refractivity contribution < 1.29 is 9.72 Å². The highest BCUT2D eigenvalue weighted by Crippen LogP contribution is 2.37. The Morgan fingerprint density at radius 2 is 2.00 bits per heavy atom. The van der Waals surface area contributed by atoms with E-state index in [4.69, 9.17) is 5.10 Å². The number of benzene rings is 2. The molecule has 0 radical (unpaired) electrons. The summed E-state index contributed by atoms with van der Waals surface area (Å²) in [6, 6.07) is 12.0. The van der Waals surface area contributed by atoms with Crippen LogP contribution in [-0.2, 0) is 11.5 Å². The van der Waals surface area contributed by atoms with Gasteiger partial charge in [0.1, 0.15) is 11.4 Å². The zero-order chi connectivity index (χ0) is 19.8. The van der Waals surface area contributed by atoms with Crippen LogP contribution < -0.4 is 5.32 Å². The number of aromatic nitrogens is 2. The molecule has 0 saturated carbocycles. The fourth-order valence-corrected chi connectivity index (χ4v) is 4.39. The van der Waals surface area contributed by atoms with Crippen LogP contribution >= 0.6 is 11.8 Å². The van der Waals surface area contributed by atoms with E-state index >= 15 is 0 Å². The van der Waals surface area contributed by atoms with Crippen LogP contribution in [0.5, 0.6) is 0 Å². The summed E-state index contributed by atoms with van der Waals surface area (Å²) in [4.78, 5) is 23.6. The molecular formula is C20H18N4O3S. The van der Waals surface area contributed by atoms with Gasteiger partial charge in [-0.2, -0.15) is 16.9 Å². The van der Waals surface area contributed by atoms with Crippen molar-refractivity contribution >= 4 is 29.2 Å². The Morgan fingerprint density at radius 1 is 1.21 bits per heavy atom. The molecule has 0 aliphatic carbocycles. The summed E-state index contributed by atoms with van der Waals surface area (Å²) < 4.78 is 1.74. The summed E-state index contributed by atoms with van der Waals surface area (Å²) in [5.74, 6) is 1.59. The number of rotatable bonds is 4. The molecule has 0 saturated heterocycles. The monoisotopic (exact) mass is 394 g/mol. The van der Waals surface area contributed by atoms with Gasteiger partial charge >= 0.3 is 0 Å². The zero-order valence-corrected chi connectivity index (χ0v) is 16.2. The van der Waals surface area contributed by atoms with E-state index in [-0.39, 0.29) is 11.3 Å². The number of nitro groups is 1. The molecule has 0 bridgehead atoms. The molecule has 0 unspecified atom stereocenters. The molecule has 8 heteroatoms. The minimum Gasteiger partial charge on any atom is -0.306 e. The van der Waals surface area contributed by atoms with Crippen molar-refractivity contribution in [3.05, 3.63) is 80.5 Å². The predicted molar refractivity (Wildman–Crippen MR) is 109 cm³/mol. The first kappa shape index (κ1) is 18.2. The summed E-state index contributed by atoms with van der Waals surface area (Å²) in [7, 11) is 0. The van der Waals surface area contributed by atoms with Crippen LogP contribution in [0, 0.1) is 24.0 Å². The van der Waals surface area contributed by atoms with Gasteiger partial charge in [-0.3, -0.25) is 14.9 Å². The van der Waals surface area contributed by atoms with Gasteiger partial charge < -0.3 is 5.32 Å². The highest BCUT2D eigenvalue weighted by Gasteiger charge is 2.27. The van der Waals surface area contributed by atoms with Crippen molar-refractivity contribution in [2.24, 2.45) is 0 Å². The van der Waals surface area contributed by atoms with Crippen LogP contribution in [0.2, 0.25) is 0 Å². The normalized spacial score (nSPS) is 12.6. The second-order valence-corrected chi connectivity index (χ2v) is 7.68. The molecule has 0 fully saturated rings. The summed E-state index contributed by atoms with van der Waals surface area (Å²) in [5, 5.41) is 18.9. The summed E-state index contributed by atoms with van der Waals surface area (Å²) >= 11 is 1.73. The van der Waals surface area contributed by atoms with Crippen molar-refractivity contribution in [1.29, 1.82) is 0 Å². The average molecular weight is 394 g/mol. The van der Waals surface area contributed by atoms with Gasteiger partial charge in [0.2, 0.25) is 0 Å². The lowest BCUT2D eigenvalue weighted by atomic mass is 10.1. The maximum atomic E-state index is 12.9. The topological polar surface area (TPSA) is 90.1 Å². The Kier molecular flexibility index (Phi) is 4.64. The SMILES string of the molecule is Cc1ccc(-n2nc3c(c2NC(=O)c2ccccc2[N+](=O)[O-])CSC3)c(C)c1. The lowest BCUT2D eigenvalue weighted by Gasteiger charge is -2.13. The standard InChI is InChI=1S/C20H18N4O3S/c1-12-7-8-17(13(2)9-12)23-19(15-10-28-11-16(15)22-23)21-20(25)14-5-3-4-6-18(14)24(26)27/h3-9H,10-11H2,1-2H3,(H,21,25). The Bertz CT molecular complexity index is 1110. The Balaban J connectivity index is 1.78. The van der Waals surface area contributed by atoms with Gasteiger partial charge in [0, 0.05) is 23.1 Å². The Morgan fingerprint density at radius 3 is 2.75 bits per heavy atom. The van der Waals surface area contributed by atoms with E-state index in [1.54, 1.807) is 28.6 Å². The molecule has 2 heterocycles. The van der Waals surface area contributed by atoms with Crippen LogP contribution in [0.25, 0.3) is 5.69 Å². The van der Waals surface area contributed by atoms with Crippen molar-refractivity contribution in [3.8, 4) is 5.69 Å². The molecule has 7 nitrogen and oxygen atoms in total. The molecule has 3 aromatic rings. The first-order valence-corrected chi connectivity index (χ1v) is 9.92. The van der Waals surface area contributed by atoms with Crippen molar-refractivity contribution in [1.82, 2.24) is 9.78 Å². The van der Waals surface area contributed by atoms with Crippen LogP contribution in [0.4, 0.5) is 11.5 Å². The van der Waals surface area contributed by atoms with Crippen LogP contribution in [-0.4, -0.2) is 20.6 Å². The Hall–Kier alpha value is -3.13. The number of hydrogen-bond donors (Lipinski definition) is 1. The second-order valence-electron chi connectivity index (χ2n) is 6.70. The van der Waals surface area contributed by atoms with Gasteiger partial charge in [0.15, 0.2) is 0 Å². The number of nitrogens with zero attached hydrogens (tertiary/aromatic N) is 3. The maximum absolute atomic E-state index is 12.9. The van der Waals surface area contributed by atoms with Crippen LogP contribution in [0.1, 0.15) is 32.7 Å². The molecule has 0 atom stereocenters. The second kappa shape index (κ2) is 7.12. The molecule has 1 aliphatic rings. The number of anilines is 1. The van der Waals surface area contributed by atoms with E-state index in [1.807, 2.05) is 26.0 Å². The molecule has 4 rings (SSSR count). The number of hydrogen-bond acceptors (Lipinski definition) is 5. The summed E-state index contributed by atoms with van der Waals surface area (Å²) in [6.07, 6.45) is 0. The first-order chi connectivity index (χ1) is 13.5. The van der Waals surface area contributed by atoms with Crippen molar-refractivity contribution in [2.45, 2.75) is 25.4 Å². The van der Waals surface area contributed by atoms with Crippen LogP contribution in [0.15, 0.2) is 42.5 Å². The van der Waals surface area contributed by atoms with E-state index in [2.05, 4.69) is 11.4 Å². The summed E-state index contributed by atoms with van der Waals surface area (Å²) in [5.41, 5.74) is 4.77. The largest absolute Gasteiger partial charge is 0.306 e. The number of thioether (sulfide) groups is 1. The van der Waals surface area contributed by atoms with Crippen molar-refractivity contribution in [3.63, 3.8) is 0 Å². The molecule has 0 spiro atoms. The van der Waals surface area contributed by atoms with Gasteiger partial charge in [-0.1, -0.05) is 29.8 Å². The highest BCUT2D eigenvalue weighted by atomic mass is 32.2. The number of nitro benzene ring substituents is 1. The fourth-order valence-electron chi connectivity index (χ4n) is 3.36. The molecule has 1 aliphatic heterocycles. The van der Waals surface area contributed by atoms with Crippen molar-refractivity contribution in [2.75, 3.05) is 5.32 Å². The number of carbonyl (C=O) groups is 1. The molecule has 1 N–H and O–H groups in total. The van der Waals surface area contributed by atoms with Crippen LogP contribution in [0.3, 0.4) is 0 Å². The number of para-hydroxylation sites is 1. The minimum absolute atomic E-state index is 0.0280. The summed E-state index contributed by atoms with van der Waals surface area (Å²) in [6.45, 7) is 4.02. The average Bonchev–Trinajstić information content (AvgIpc) is 3.24. The molecule has 1 amide bonds. The quantitative estimate of drug-likeness (QED) is 0.523. The zero-order valence-electron chi connectivity index (χ0n) is 15.4. The smallest absolute Gasteiger partial charge is 0.282 e. The van der Waals surface area contributed by atoms with Gasteiger partial charge in [-0.25, -0.2) is 4.68 Å². The molecule has 2 aromatic carbocycles.